The van der Waals surface area contributed by atoms with E-state index in [-0.39, 0.29) is 12.0 Å². The molecular formula is C19H19O4P. The Bertz CT molecular complexity index is 744. The van der Waals surface area contributed by atoms with Gasteiger partial charge in [0.15, 0.2) is 0 Å². The molecule has 0 amide bonds. The summed E-state index contributed by atoms with van der Waals surface area (Å²) in [5.41, 5.74) is 0.439. The minimum absolute atomic E-state index is 0.0359. The predicted octanol–water partition coefficient (Wildman–Crippen LogP) is 4.12. The van der Waals surface area contributed by atoms with Crippen molar-refractivity contribution in [2.24, 2.45) is 5.41 Å². The lowest BCUT2D eigenvalue weighted by atomic mass is 9.80. The minimum atomic E-state index is -1.08. The second kappa shape index (κ2) is 7.89. The van der Waals surface area contributed by atoms with Crippen LogP contribution in [0, 0.1) is 5.41 Å². The first-order valence-electron chi connectivity index (χ1n) is 7.54. The van der Waals surface area contributed by atoms with Crippen molar-refractivity contribution >= 4 is 25.4 Å². The van der Waals surface area contributed by atoms with Crippen LogP contribution in [-0.2, 0) is 9.59 Å². The normalized spacial score (nSPS) is 22.0. The summed E-state index contributed by atoms with van der Waals surface area (Å²) in [7, 11) is 1.37. The lowest BCUT2D eigenvalue weighted by molar-refractivity contribution is -0.145. The molecule has 24 heavy (non-hydrogen) atoms. The zero-order valence-corrected chi connectivity index (χ0v) is 14.2. The molecule has 2 N–H and O–H groups in total. The molecule has 4 nitrogen and oxygen atoms in total. The lowest BCUT2D eigenvalue weighted by Gasteiger charge is -2.23. The van der Waals surface area contributed by atoms with Gasteiger partial charge in [-0.1, -0.05) is 62.8 Å². The maximum Gasteiger partial charge on any atom is 0.331 e. The smallest absolute Gasteiger partial charge is 0.331 e. The Morgan fingerprint density at radius 1 is 1.17 bits per heavy atom. The fourth-order valence-corrected chi connectivity index (χ4v) is 3.27. The Balaban J connectivity index is 0.000000175. The van der Waals surface area contributed by atoms with Gasteiger partial charge in [0.05, 0.1) is 5.41 Å². The predicted molar refractivity (Wildman–Crippen MR) is 96.4 cm³/mol. The Hall–Kier alpha value is -2.45. The van der Waals surface area contributed by atoms with E-state index in [1.54, 1.807) is 0 Å². The molecular weight excluding hydrogens is 323 g/mol. The Labute approximate surface area is 142 Å². The van der Waals surface area contributed by atoms with Crippen molar-refractivity contribution in [3.63, 3.8) is 0 Å². The summed E-state index contributed by atoms with van der Waals surface area (Å²) in [6.07, 6.45) is 7.79. The zero-order chi connectivity index (χ0) is 17.6. The van der Waals surface area contributed by atoms with Gasteiger partial charge in [-0.2, -0.15) is 0 Å². The molecule has 2 aliphatic rings. The molecule has 0 saturated heterocycles. The summed E-state index contributed by atoms with van der Waals surface area (Å²) in [4.78, 5) is 21.3. The first-order chi connectivity index (χ1) is 11.4. The molecule has 1 aliphatic heterocycles. The van der Waals surface area contributed by atoms with Crippen molar-refractivity contribution in [1.29, 1.82) is 0 Å². The number of hydrogen-bond donors (Lipinski definition) is 2. The topological polar surface area (TPSA) is 74.6 Å². The van der Waals surface area contributed by atoms with Crippen molar-refractivity contribution < 1.29 is 19.8 Å². The Morgan fingerprint density at radius 3 is 2.42 bits per heavy atom. The van der Waals surface area contributed by atoms with Gasteiger partial charge in [0, 0.05) is 5.57 Å². The third-order valence-corrected chi connectivity index (χ3v) is 4.95. The minimum Gasteiger partial charge on any atom is -0.481 e. The van der Waals surface area contributed by atoms with Gasteiger partial charge in [0.25, 0.3) is 0 Å². The van der Waals surface area contributed by atoms with Crippen LogP contribution in [0.2, 0.25) is 0 Å². The van der Waals surface area contributed by atoms with E-state index < -0.39 is 17.4 Å². The fourth-order valence-electron chi connectivity index (χ4n) is 2.37. The monoisotopic (exact) mass is 342 g/mol. The molecule has 1 aliphatic carbocycles. The third kappa shape index (κ3) is 4.53. The number of carboxylic acids is 2. The van der Waals surface area contributed by atoms with Crippen LogP contribution in [0.4, 0.5) is 0 Å². The van der Waals surface area contributed by atoms with Crippen LogP contribution in [0.5, 0.6) is 0 Å². The van der Waals surface area contributed by atoms with Gasteiger partial charge < -0.3 is 10.2 Å². The quantitative estimate of drug-likeness (QED) is 0.811. The van der Waals surface area contributed by atoms with E-state index in [9.17, 15) is 9.59 Å². The molecule has 0 bridgehead atoms. The zero-order valence-electron chi connectivity index (χ0n) is 13.3. The van der Waals surface area contributed by atoms with Crippen LogP contribution in [0.3, 0.4) is 0 Å². The molecule has 1 aromatic rings. The van der Waals surface area contributed by atoms with Crippen LogP contribution in [0.1, 0.15) is 25.3 Å². The highest BCUT2D eigenvalue weighted by atomic mass is 31.1. The van der Waals surface area contributed by atoms with Gasteiger partial charge in [0.2, 0.25) is 0 Å². The molecule has 1 unspecified atom stereocenters. The van der Waals surface area contributed by atoms with Gasteiger partial charge in [-0.25, -0.2) is 4.79 Å². The number of aliphatic carboxylic acids is 2. The van der Waals surface area contributed by atoms with Gasteiger partial charge in [-0.15, -0.1) is 0 Å². The Kier molecular flexibility index (Phi) is 5.88. The number of allylic oxidation sites excluding steroid dienone is 3. The van der Waals surface area contributed by atoms with Crippen LogP contribution < -0.4 is 0 Å². The SMILES string of the molecule is C1=CP=C(c2ccccc2)C1.CC1(C(=O)O)C=CC=C(C(=O)O)C1. The largest absolute Gasteiger partial charge is 0.481 e. The highest BCUT2D eigenvalue weighted by Gasteiger charge is 2.34. The van der Waals surface area contributed by atoms with Crippen molar-refractivity contribution in [2.45, 2.75) is 19.8 Å². The Morgan fingerprint density at radius 2 is 1.88 bits per heavy atom. The summed E-state index contributed by atoms with van der Waals surface area (Å²) >= 11 is 0. The van der Waals surface area contributed by atoms with Gasteiger partial charge in [0.1, 0.15) is 0 Å². The molecule has 0 aromatic heterocycles. The summed E-state index contributed by atoms with van der Waals surface area (Å²) < 4.78 is 0. The first-order valence-corrected chi connectivity index (χ1v) is 8.51. The second-order valence-corrected chi connectivity index (χ2v) is 6.88. The third-order valence-electron chi connectivity index (χ3n) is 3.84. The standard InChI is InChI=1S/C10H9P.C9H10O4/c1-2-5-9(6-3-1)10-7-4-8-11-10;1-9(8(12)13)4-2-3-6(5-9)7(10)11/h1-6,8H,7H2;2-4H,5H2,1H3,(H,10,11)(H,12,13). The highest BCUT2D eigenvalue weighted by molar-refractivity contribution is 7.45. The highest BCUT2D eigenvalue weighted by Crippen LogP contribution is 2.31. The molecule has 124 valence electrons. The van der Waals surface area contributed by atoms with Crippen LogP contribution >= 0.6 is 8.20 Å². The molecule has 5 heteroatoms. The number of benzene rings is 1. The molecule has 0 spiro atoms. The van der Waals surface area contributed by atoms with Crippen LogP contribution in [0.15, 0.2) is 66.0 Å². The number of hydrogen-bond acceptors (Lipinski definition) is 2. The molecule has 1 heterocycles. The maximum absolute atomic E-state index is 10.8. The molecule has 0 saturated carbocycles. The summed E-state index contributed by atoms with van der Waals surface area (Å²) in [6.45, 7) is 1.50. The van der Waals surface area contributed by atoms with E-state index >= 15 is 0 Å². The second-order valence-electron chi connectivity index (χ2n) is 5.79. The summed E-state index contributed by atoms with van der Waals surface area (Å²) in [5, 5.41) is 19.0. The van der Waals surface area contributed by atoms with Gasteiger partial charge in [-0.05, 0) is 36.4 Å². The van der Waals surface area contributed by atoms with E-state index in [0.717, 1.165) is 6.42 Å². The molecule has 3 rings (SSSR count). The average molecular weight is 342 g/mol. The van der Waals surface area contributed by atoms with E-state index in [4.69, 9.17) is 10.2 Å². The van der Waals surface area contributed by atoms with E-state index in [1.807, 2.05) is 0 Å². The van der Waals surface area contributed by atoms with E-state index in [1.165, 1.54) is 44.2 Å². The van der Waals surface area contributed by atoms with Crippen molar-refractivity contribution in [3.05, 3.63) is 71.6 Å². The van der Waals surface area contributed by atoms with Gasteiger partial charge >= 0.3 is 11.9 Å². The van der Waals surface area contributed by atoms with Crippen molar-refractivity contribution in [3.8, 4) is 0 Å². The first kappa shape index (κ1) is 17.9. The van der Waals surface area contributed by atoms with E-state index in [2.05, 4.69) is 42.2 Å². The van der Waals surface area contributed by atoms with Crippen LogP contribution in [-0.4, -0.2) is 27.4 Å². The van der Waals surface area contributed by atoms with Crippen LogP contribution in [0.25, 0.3) is 0 Å². The summed E-state index contributed by atoms with van der Waals surface area (Å²) in [6, 6.07) is 10.6. The lowest BCUT2D eigenvalue weighted by Crippen LogP contribution is -2.28. The van der Waals surface area contributed by atoms with Gasteiger partial charge in [-0.3, -0.25) is 4.79 Å². The van der Waals surface area contributed by atoms with Crippen molar-refractivity contribution in [2.75, 3.05) is 0 Å². The number of carboxylic acid groups (broad SMARTS) is 2. The number of carbonyl (C=O) groups is 2. The van der Waals surface area contributed by atoms with E-state index in [0.29, 0.717) is 0 Å². The molecule has 0 fully saturated rings. The maximum atomic E-state index is 10.8. The molecule has 1 atom stereocenters. The average Bonchev–Trinajstić information content (AvgIpc) is 3.11. The fraction of sp³-hybridized carbons (Fsp3) is 0.211. The summed E-state index contributed by atoms with van der Waals surface area (Å²) in [5.74, 6) is 0.148. The van der Waals surface area contributed by atoms with Crippen molar-refractivity contribution in [1.82, 2.24) is 0 Å². The molecule has 1 aromatic carbocycles. The number of rotatable bonds is 3. The molecule has 0 radical (unpaired) electrons.